The lowest BCUT2D eigenvalue weighted by atomic mass is 9.98. The Morgan fingerprint density at radius 1 is 0.943 bits per heavy atom. The number of nitrogens with one attached hydrogen (secondary N) is 2. The van der Waals surface area contributed by atoms with Gasteiger partial charge in [-0.3, -0.25) is 9.59 Å². The number of aliphatic carboxylic acids is 1. The third-order valence-corrected chi connectivity index (χ3v) is 5.59. The van der Waals surface area contributed by atoms with Crippen LogP contribution in [-0.4, -0.2) is 61.3 Å². The molecule has 0 saturated carbocycles. The molecular weight excluding hydrogens is 466 g/mol. The van der Waals surface area contributed by atoms with Gasteiger partial charge in [0.05, 0.1) is 20.0 Å². The zero-order chi connectivity index (χ0) is 25.5. The van der Waals surface area contributed by atoms with E-state index in [1.165, 1.54) is 0 Å². The van der Waals surface area contributed by atoms with Crippen molar-refractivity contribution in [2.75, 3.05) is 13.7 Å². The SMILES string of the molecule is COC(=O)C[C@@H](NC(=O)CC(NC(=O)OCC1c2ccccc2-c2ccccc21)C(F)F)C(=O)O. The van der Waals surface area contributed by atoms with Crippen LogP contribution in [-0.2, 0) is 23.9 Å². The number of amides is 2. The Morgan fingerprint density at radius 2 is 1.51 bits per heavy atom. The maximum atomic E-state index is 13.5. The molecule has 2 aromatic carbocycles. The van der Waals surface area contributed by atoms with Crippen LogP contribution < -0.4 is 10.6 Å². The van der Waals surface area contributed by atoms with Gasteiger partial charge in [0.2, 0.25) is 5.91 Å². The van der Waals surface area contributed by atoms with Crippen molar-refractivity contribution >= 4 is 23.9 Å². The summed E-state index contributed by atoms with van der Waals surface area (Å²) in [6, 6.07) is 11.6. The molecule has 2 atom stereocenters. The molecule has 3 N–H and O–H groups in total. The average Bonchev–Trinajstić information content (AvgIpc) is 3.15. The fraction of sp³-hybridized carbons (Fsp3) is 0.333. The molecule has 0 aliphatic heterocycles. The van der Waals surface area contributed by atoms with E-state index >= 15 is 0 Å². The van der Waals surface area contributed by atoms with Crippen molar-refractivity contribution in [1.82, 2.24) is 10.6 Å². The van der Waals surface area contributed by atoms with E-state index in [2.05, 4.69) is 4.74 Å². The van der Waals surface area contributed by atoms with E-state index in [0.717, 1.165) is 29.4 Å². The Hall–Kier alpha value is -4.02. The standard InChI is InChI=1S/C24H24F2N2O7/c1-34-21(30)11-19(23(31)32)27-20(29)10-18(22(25)26)28-24(33)35-12-17-15-8-4-2-6-13(15)14-7-3-5-9-16(14)17/h2-9,17-19,22H,10-12H2,1H3,(H,27,29)(H,28,33)(H,31,32)/t18?,19-/m1/s1. The van der Waals surface area contributed by atoms with Crippen LogP contribution >= 0.6 is 0 Å². The molecule has 0 spiro atoms. The number of carbonyl (C=O) groups is 4. The van der Waals surface area contributed by atoms with Crippen LogP contribution in [0, 0.1) is 0 Å². The lowest BCUT2D eigenvalue weighted by Crippen LogP contribution is -2.47. The van der Waals surface area contributed by atoms with Crippen LogP contribution in [0.5, 0.6) is 0 Å². The summed E-state index contributed by atoms with van der Waals surface area (Å²) in [7, 11) is 1.04. The number of ether oxygens (including phenoxy) is 2. The van der Waals surface area contributed by atoms with Gasteiger partial charge in [-0.1, -0.05) is 48.5 Å². The summed E-state index contributed by atoms with van der Waals surface area (Å²) >= 11 is 0. The number of methoxy groups -OCH3 is 1. The Bertz CT molecular complexity index is 1060. The van der Waals surface area contributed by atoms with Gasteiger partial charge < -0.3 is 25.2 Å². The maximum Gasteiger partial charge on any atom is 0.407 e. The molecule has 11 heteroatoms. The molecule has 1 aliphatic rings. The zero-order valence-electron chi connectivity index (χ0n) is 18.7. The number of alkyl halides is 2. The van der Waals surface area contributed by atoms with Gasteiger partial charge in [0.1, 0.15) is 18.7 Å². The van der Waals surface area contributed by atoms with Gasteiger partial charge in [0.25, 0.3) is 6.43 Å². The largest absolute Gasteiger partial charge is 0.480 e. The lowest BCUT2D eigenvalue weighted by Gasteiger charge is -2.20. The third-order valence-electron chi connectivity index (χ3n) is 5.59. The first-order valence-electron chi connectivity index (χ1n) is 10.7. The summed E-state index contributed by atoms with van der Waals surface area (Å²) in [5.41, 5.74) is 3.88. The molecule has 3 rings (SSSR count). The quantitative estimate of drug-likeness (QED) is 0.437. The number of alkyl carbamates (subject to hydrolysis) is 1. The van der Waals surface area contributed by atoms with Gasteiger partial charge >= 0.3 is 18.0 Å². The number of carboxylic acid groups (broad SMARTS) is 1. The second-order valence-electron chi connectivity index (χ2n) is 7.85. The Kier molecular flexibility index (Phi) is 8.34. The zero-order valence-corrected chi connectivity index (χ0v) is 18.7. The summed E-state index contributed by atoms with van der Waals surface area (Å²) in [4.78, 5) is 46.9. The normalized spacial score (nSPS) is 13.8. The molecule has 0 aromatic heterocycles. The van der Waals surface area contributed by atoms with Gasteiger partial charge in [-0.15, -0.1) is 0 Å². The fourth-order valence-corrected chi connectivity index (χ4v) is 3.90. The van der Waals surface area contributed by atoms with E-state index in [1.54, 1.807) is 0 Å². The topological polar surface area (TPSA) is 131 Å². The summed E-state index contributed by atoms with van der Waals surface area (Å²) < 4.78 is 36.5. The molecule has 0 saturated heterocycles. The maximum absolute atomic E-state index is 13.5. The van der Waals surface area contributed by atoms with Gasteiger partial charge in [-0.05, 0) is 22.3 Å². The summed E-state index contributed by atoms with van der Waals surface area (Å²) in [5.74, 6) is -3.82. The van der Waals surface area contributed by atoms with Gasteiger partial charge in [0, 0.05) is 5.92 Å². The smallest absolute Gasteiger partial charge is 0.407 e. The first-order chi connectivity index (χ1) is 16.7. The van der Waals surface area contributed by atoms with Crippen LogP contribution in [0.2, 0.25) is 0 Å². The molecule has 0 fully saturated rings. The molecule has 2 aromatic rings. The van der Waals surface area contributed by atoms with E-state index in [0.29, 0.717) is 0 Å². The van der Waals surface area contributed by atoms with Crippen LogP contribution in [0.25, 0.3) is 11.1 Å². The van der Waals surface area contributed by atoms with Crippen molar-refractivity contribution in [3.8, 4) is 11.1 Å². The highest BCUT2D eigenvalue weighted by Crippen LogP contribution is 2.44. The Morgan fingerprint density at radius 3 is 2.03 bits per heavy atom. The van der Waals surface area contributed by atoms with Crippen LogP contribution in [0.15, 0.2) is 48.5 Å². The van der Waals surface area contributed by atoms with Crippen LogP contribution in [0.3, 0.4) is 0 Å². The van der Waals surface area contributed by atoms with Crippen molar-refractivity contribution < 1.29 is 42.5 Å². The van der Waals surface area contributed by atoms with Gasteiger partial charge in [-0.25, -0.2) is 18.4 Å². The molecule has 0 radical (unpaired) electrons. The first-order valence-corrected chi connectivity index (χ1v) is 10.7. The van der Waals surface area contributed by atoms with E-state index in [1.807, 2.05) is 59.2 Å². The molecule has 0 bridgehead atoms. The number of hydrogen-bond donors (Lipinski definition) is 3. The minimum atomic E-state index is -3.13. The molecule has 9 nitrogen and oxygen atoms in total. The highest BCUT2D eigenvalue weighted by atomic mass is 19.3. The van der Waals surface area contributed by atoms with Crippen LogP contribution in [0.4, 0.5) is 13.6 Å². The lowest BCUT2D eigenvalue weighted by molar-refractivity contribution is -0.148. The molecule has 0 heterocycles. The number of fused-ring (bicyclic) bond motifs is 3. The van der Waals surface area contributed by atoms with E-state index < -0.39 is 55.3 Å². The first kappa shape index (κ1) is 25.6. The summed E-state index contributed by atoms with van der Waals surface area (Å²) in [6.45, 7) is -0.109. The second-order valence-corrected chi connectivity index (χ2v) is 7.85. The number of esters is 1. The number of carbonyl (C=O) groups excluding carboxylic acids is 3. The average molecular weight is 490 g/mol. The van der Waals surface area contributed by atoms with Crippen molar-refractivity contribution in [3.63, 3.8) is 0 Å². The molecule has 1 aliphatic carbocycles. The predicted octanol–water partition coefficient (Wildman–Crippen LogP) is 2.68. The number of rotatable bonds is 10. The molecule has 186 valence electrons. The van der Waals surface area contributed by atoms with E-state index in [-0.39, 0.29) is 12.5 Å². The van der Waals surface area contributed by atoms with Gasteiger partial charge in [-0.2, -0.15) is 0 Å². The second kappa shape index (κ2) is 11.4. The minimum Gasteiger partial charge on any atom is -0.480 e. The minimum absolute atomic E-state index is 0.109. The van der Waals surface area contributed by atoms with E-state index in [4.69, 9.17) is 9.84 Å². The van der Waals surface area contributed by atoms with E-state index in [9.17, 15) is 28.0 Å². The number of benzene rings is 2. The van der Waals surface area contributed by atoms with Crippen molar-refractivity contribution in [1.29, 1.82) is 0 Å². The summed E-state index contributed by atoms with van der Waals surface area (Å²) in [5, 5.41) is 13.0. The molecule has 1 unspecified atom stereocenters. The Balaban J connectivity index is 1.59. The summed E-state index contributed by atoms with van der Waals surface area (Å²) in [6.07, 6.45) is -5.89. The predicted molar refractivity (Wildman–Crippen MR) is 119 cm³/mol. The molecule has 35 heavy (non-hydrogen) atoms. The van der Waals surface area contributed by atoms with Crippen molar-refractivity contribution in [3.05, 3.63) is 59.7 Å². The monoisotopic (exact) mass is 490 g/mol. The third kappa shape index (κ3) is 6.31. The van der Waals surface area contributed by atoms with Gasteiger partial charge in [0.15, 0.2) is 0 Å². The number of carboxylic acids is 1. The Labute approximate surface area is 199 Å². The number of halogens is 2. The molecular formula is C24H24F2N2O7. The fourth-order valence-electron chi connectivity index (χ4n) is 3.90. The number of hydrogen-bond acceptors (Lipinski definition) is 6. The molecule has 2 amide bonds. The highest BCUT2D eigenvalue weighted by Gasteiger charge is 2.32. The van der Waals surface area contributed by atoms with Crippen molar-refractivity contribution in [2.24, 2.45) is 0 Å². The van der Waals surface area contributed by atoms with Crippen molar-refractivity contribution in [2.45, 2.75) is 37.3 Å². The highest BCUT2D eigenvalue weighted by molar-refractivity contribution is 5.87. The van der Waals surface area contributed by atoms with Crippen LogP contribution in [0.1, 0.15) is 29.9 Å².